The molecule has 126 valence electrons. The highest BCUT2D eigenvalue weighted by molar-refractivity contribution is 6.00. The second-order valence-corrected chi connectivity index (χ2v) is 5.63. The Labute approximate surface area is 144 Å². The highest BCUT2D eigenvalue weighted by Gasteiger charge is 2.15. The van der Waals surface area contributed by atoms with Crippen LogP contribution in [-0.2, 0) is 0 Å². The minimum Gasteiger partial charge on any atom is -0.476 e. The number of carbonyl (C=O) groups excluding carboxylic acids is 1. The molecule has 1 amide bonds. The van der Waals surface area contributed by atoms with Crippen LogP contribution in [0.25, 0.3) is 16.8 Å². The maximum atomic E-state index is 12.4. The largest absolute Gasteiger partial charge is 0.476 e. The van der Waals surface area contributed by atoms with Gasteiger partial charge in [0, 0.05) is 19.7 Å². The van der Waals surface area contributed by atoms with E-state index in [1.165, 1.54) is 15.8 Å². The van der Waals surface area contributed by atoms with Gasteiger partial charge in [-0.05, 0) is 29.3 Å². The van der Waals surface area contributed by atoms with Crippen molar-refractivity contribution in [1.82, 2.24) is 19.9 Å². The van der Waals surface area contributed by atoms with Crippen LogP contribution in [0.5, 0.6) is 0 Å². The summed E-state index contributed by atoms with van der Waals surface area (Å²) in [5, 5.41) is 16.6. The van der Waals surface area contributed by atoms with Crippen molar-refractivity contribution >= 4 is 11.9 Å². The lowest BCUT2D eigenvalue weighted by Crippen LogP contribution is -2.22. The average molecular weight is 336 g/mol. The zero-order valence-electron chi connectivity index (χ0n) is 13.7. The third-order valence-electron chi connectivity index (χ3n) is 3.75. The van der Waals surface area contributed by atoms with Gasteiger partial charge in [-0.15, -0.1) is 5.10 Å². The maximum Gasteiger partial charge on any atom is 0.356 e. The van der Waals surface area contributed by atoms with E-state index in [4.69, 9.17) is 5.11 Å². The van der Waals surface area contributed by atoms with Crippen molar-refractivity contribution in [2.45, 2.75) is 0 Å². The van der Waals surface area contributed by atoms with Gasteiger partial charge in [0.2, 0.25) is 0 Å². The molecule has 2 aromatic carbocycles. The highest BCUT2D eigenvalue weighted by atomic mass is 16.4. The summed E-state index contributed by atoms with van der Waals surface area (Å²) < 4.78 is 1.25. The summed E-state index contributed by atoms with van der Waals surface area (Å²) in [4.78, 5) is 25.1. The summed E-state index contributed by atoms with van der Waals surface area (Å²) in [6.45, 7) is 0. The second-order valence-electron chi connectivity index (χ2n) is 5.63. The maximum absolute atomic E-state index is 12.4. The fourth-order valence-corrected chi connectivity index (χ4v) is 2.52. The van der Waals surface area contributed by atoms with E-state index < -0.39 is 5.97 Å². The first-order chi connectivity index (χ1) is 12.0. The number of carboxylic acid groups (broad SMARTS) is 1. The van der Waals surface area contributed by atoms with E-state index in [-0.39, 0.29) is 11.6 Å². The molecule has 7 nitrogen and oxygen atoms in total. The Kier molecular flexibility index (Phi) is 4.30. The van der Waals surface area contributed by atoms with E-state index in [1.54, 1.807) is 32.3 Å². The van der Waals surface area contributed by atoms with E-state index in [2.05, 4.69) is 10.3 Å². The molecule has 1 aromatic heterocycles. The quantitative estimate of drug-likeness (QED) is 0.790. The standard InChI is InChI=1S/C18H16N4O3/c1-21(2)17(23)15-6-4-3-5-14(15)12-7-9-13(10-8-12)22-16(18(24)25)11-19-20-22/h3-11H,1-2H3,(H,24,25). The van der Waals surface area contributed by atoms with E-state index in [0.29, 0.717) is 11.3 Å². The van der Waals surface area contributed by atoms with E-state index in [9.17, 15) is 9.59 Å². The number of carbonyl (C=O) groups is 2. The van der Waals surface area contributed by atoms with Crippen LogP contribution >= 0.6 is 0 Å². The highest BCUT2D eigenvalue weighted by Crippen LogP contribution is 2.25. The molecule has 1 N–H and O–H groups in total. The average Bonchev–Trinajstić information content (AvgIpc) is 3.11. The van der Waals surface area contributed by atoms with Crippen LogP contribution in [0, 0.1) is 0 Å². The molecule has 3 aromatic rings. The van der Waals surface area contributed by atoms with Gasteiger partial charge in [-0.25, -0.2) is 9.48 Å². The lowest BCUT2D eigenvalue weighted by molar-refractivity contribution is 0.0686. The number of nitrogens with zero attached hydrogens (tertiary/aromatic N) is 4. The molecule has 0 unspecified atom stereocenters. The van der Waals surface area contributed by atoms with Gasteiger partial charge < -0.3 is 10.0 Å². The van der Waals surface area contributed by atoms with Gasteiger partial charge in [-0.3, -0.25) is 4.79 Å². The second kappa shape index (κ2) is 6.56. The molecule has 7 heteroatoms. The Bertz CT molecular complexity index is 930. The first-order valence-corrected chi connectivity index (χ1v) is 7.54. The van der Waals surface area contributed by atoms with E-state index >= 15 is 0 Å². The van der Waals surface area contributed by atoms with Crippen molar-refractivity contribution in [2.75, 3.05) is 14.1 Å². The van der Waals surface area contributed by atoms with Crippen molar-refractivity contribution < 1.29 is 14.7 Å². The van der Waals surface area contributed by atoms with Crippen LogP contribution in [0.3, 0.4) is 0 Å². The number of aromatic carboxylic acids is 1. The van der Waals surface area contributed by atoms with Gasteiger partial charge in [0.15, 0.2) is 5.69 Å². The molecule has 0 fully saturated rings. The minimum absolute atomic E-state index is 0.0177. The van der Waals surface area contributed by atoms with Crippen LogP contribution in [-0.4, -0.2) is 51.0 Å². The van der Waals surface area contributed by atoms with Crippen LogP contribution in [0.4, 0.5) is 0 Å². The molecule has 0 radical (unpaired) electrons. The fraction of sp³-hybridized carbons (Fsp3) is 0.111. The number of benzene rings is 2. The van der Waals surface area contributed by atoms with Crippen molar-refractivity contribution in [3.63, 3.8) is 0 Å². The number of rotatable bonds is 4. The Morgan fingerprint density at radius 2 is 1.72 bits per heavy atom. The third-order valence-corrected chi connectivity index (χ3v) is 3.75. The van der Waals surface area contributed by atoms with Gasteiger partial charge in [0.05, 0.1) is 11.9 Å². The van der Waals surface area contributed by atoms with E-state index in [1.807, 2.05) is 30.3 Å². The summed E-state index contributed by atoms with van der Waals surface area (Å²) >= 11 is 0. The summed E-state index contributed by atoms with van der Waals surface area (Å²) in [6, 6.07) is 14.5. The molecule has 0 spiro atoms. The minimum atomic E-state index is -1.10. The molecule has 0 aliphatic heterocycles. The Morgan fingerprint density at radius 1 is 1.04 bits per heavy atom. The number of amides is 1. The molecule has 0 bridgehead atoms. The van der Waals surface area contributed by atoms with Crippen LogP contribution in [0.1, 0.15) is 20.8 Å². The molecule has 3 rings (SSSR count). The van der Waals surface area contributed by atoms with Gasteiger partial charge in [0.25, 0.3) is 5.91 Å². The van der Waals surface area contributed by atoms with Crippen LogP contribution < -0.4 is 0 Å². The van der Waals surface area contributed by atoms with Crippen molar-refractivity contribution in [3.05, 3.63) is 66.0 Å². The monoisotopic (exact) mass is 336 g/mol. The van der Waals surface area contributed by atoms with Gasteiger partial charge in [0.1, 0.15) is 0 Å². The smallest absolute Gasteiger partial charge is 0.356 e. The molecule has 25 heavy (non-hydrogen) atoms. The van der Waals surface area contributed by atoms with Crippen LogP contribution in [0.2, 0.25) is 0 Å². The Morgan fingerprint density at radius 3 is 2.36 bits per heavy atom. The zero-order chi connectivity index (χ0) is 18.0. The number of aromatic nitrogens is 3. The predicted octanol–water partition coefficient (Wildman–Crippen LogP) is 2.33. The molecule has 0 aliphatic carbocycles. The molecule has 0 saturated heterocycles. The van der Waals surface area contributed by atoms with Crippen molar-refractivity contribution in [2.24, 2.45) is 0 Å². The van der Waals surface area contributed by atoms with E-state index in [0.717, 1.165) is 11.1 Å². The molecule has 0 atom stereocenters. The third kappa shape index (κ3) is 3.12. The number of hydrogen-bond acceptors (Lipinski definition) is 4. The normalized spacial score (nSPS) is 10.5. The van der Waals surface area contributed by atoms with Gasteiger partial charge >= 0.3 is 5.97 Å². The van der Waals surface area contributed by atoms with Crippen molar-refractivity contribution in [3.8, 4) is 16.8 Å². The first-order valence-electron chi connectivity index (χ1n) is 7.54. The summed E-state index contributed by atoms with van der Waals surface area (Å²) in [5.41, 5.74) is 2.83. The molecular formula is C18H16N4O3. The van der Waals surface area contributed by atoms with Gasteiger partial charge in [-0.1, -0.05) is 35.5 Å². The summed E-state index contributed by atoms with van der Waals surface area (Å²) in [7, 11) is 3.42. The Balaban J connectivity index is 2.01. The lowest BCUT2D eigenvalue weighted by Gasteiger charge is -2.14. The number of hydrogen-bond donors (Lipinski definition) is 1. The molecule has 0 saturated carbocycles. The SMILES string of the molecule is CN(C)C(=O)c1ccccc1-c1ccc(-n2nncc2C(=O)O)cc1. The Hall–Kier alpha value is -3.48. The predicted molar refractivity (Wildman–Crippen MR) is 91.8 cm³/mol. The first kappa shape index (κ1) is 16.4. The topological polar surface area (TPSA) is 88.3 Å². The molecular weight excluding hydrogens is 320 g/mol. The zero-order valence-corrected chi connectivity index (χ0v) is 13.7. The van der Waals surface area contributed by atoms with Crippen LogP contribution in [0.15, 0.2) is 54.7 Å². The fourth-order valence-electron chi connectivity index (χ4n) is 2.52. The lowest BCUT2D eigenvalue weighted by atomic mass is 9.98. The van der Waals surface area contributed by atoms with Crippen molar-refractivity contribution in [1.29, 1.82) is 0 Å². The molecule has 0 aliphatic rings. The summed E-state index contributed by atoms with van der Waals surface area (Å²) in [5.74, 6) is -1.18. The van der Waals surface area contributed by atoms with Gasteiger partial charge in [-0.2, -0.15) is 0 Å². The summed E-state index contributed by atoms with van der Waals surface area (Å²) in [6.07, 6.45) is 1.20. The molecule has 1 heterocycles. The number of carboxylic acids is 1.